The van der Waals surface area contributed by atoms with E-state index in [4.69, 9.17) is 10.7 Å². The highest BCUT2D eigenvalue weighted by molar-refractivity contribution is 6.05. The molecule has 0 fully saturated rings. The van der Waals surface area contributed by atoms with Crippen molar-refractivity contribution >= 4 is 17.9 Å². The van der Waals surface area contributed by atoms with Crippen LogP contribution in [0.5, 0.6) is 0 Å². The van der Waals surface area contributed by atoms with Gasteiger partial charge in [-0.2, -0.15) is 0 Å². The van der Waals surface area contributed by atoms with Crippen LogP contribution >= 0.6 is 0 Å². The van der Waals surface area contributed by atoms with E-state index in [1.807, 2.05) is 123 Å². The van der Waals surface area contributed by atoms with Crippen molar-refractivity contribution in [3.8, 4) is 0 Å². The zero-order chi connectivity index (χ0) is 26.3. The normalized spacial score (nSPS) is 11.3. The van der Waals surface area contributed by atoms with Crippen LogP contribution in [0.2, 0.25) is 0 Å². The van der Waals surface area contributed by atoms with E-state index in [-0.39, 0.29) is 5.91 Å². The Bertz CT molecular complexity index is 1340. The number of anilines is 1. The Hall–Kier alpha value is -4.64. The summed E-state index contributed by atoms with van der Waals surface area (Å²) in [4.78, 5) is 19.6. The van der Waals surface area contributed by atoms with Crippen molar-refractivity contribution in [3.63, 3.8) is 0 Å². The van der Waals surface area contributed by atoms with Gasteiger partial charge in [-0.3, -0.25) is 9.79 Å². The lowest BCUT2D eigenvalue weighted by Crippen LogP contribution is -2.36. The SMILES string of the molecule is C=C(N(C)Cc1ccc(NC(=O)c2ccccc2C)cc1)C(N=CN)(c1ccccc1)c1ccccc1. The van der Waals surface area contributed by atoms with Crippen LogP contribution in [-0.4, -0.2) is 24.2 Å². The Kier molecular flexibility index (Phi) is 7.84. The standard InChI is InChI=1S/C32H32N4O/c1-24-12-10-11-17-30(24)31(37)35-29-20-18-26(19-21-29)22-36(3)25(2)32(34-23-33,27-13-6-4-7-14-27)28-15-8-5-9-16-28/h4-21,23H,2,22H2,1,3H3,(H2,33,34)(H,35,37). The van der Waals surface area contributed by atoms with Gasteiger partial charge in [0.1, 0.15) is 0 Å². The van der Waals surface area contributed by atoms with Gasteiger partial charge in [0, 0.05) is 30.5 Å². The van der Waals surface area contributed by atoms with Crippen molar-refractivity contribution in [3.05, 3.63) is 149 Å². The molecule has 4 aromatic rings. The summed E-state index contributed by atoms with van der Waals surface area (Å²) >= 11 is 0. The van der Waals surface area contributed by atoms with Crippen molar-refractivity contribution < 1.29 is 4.79 Å². The summed E-state index contributed by atoms with van der Waals surface area (Å²) in [6, 6.07) is 35.5. The molecule has 3 N–H and O–H groups in total. The summed E-state index contributed by atoms with van der Waals surface area (Å²) in [7, 11) is 2.00. The van der Waals surface area contributed by atoms with Crippen LogP contribution in [0.25, 0.3) is 0 Å². The molecule has 0 heterocycles. The van der Waals surface area contributed by atoms with Gasteiger partial charge in [-0.05, 0) is 47.4 Å². The van der Waals surface area contributed by atoms with Crippen LogP contribution in [0, 0.1) is 6.92 Å². The van der Waals surface area contributed by atoms with E-state index in [1.54, 1.807) is 0 Å². The first-order valence-corrected chi connectivity index (χ1v) is 12.2. The second-order valence-electron chi connectivity index (χ2n) is 8.99. The van der Waals surface area contributed by atoms with E-state index in [2.05, 4.69) is 16.8 Å². The Balaban J connectivity index is 1.56. The molecule has 5 nitrogen and oxygen atoms in total. The number of hydrogen-bond acceptors (Lipinski definition) is 3. The lowest BCUT2D eigenvalue weighted by Gasteiger charge is -2.38. The van der Waals surface area contributed by atoms with Crippen molar-refractivity contribution in [2.45, 2.75) is 19.0 Å². The molecule has 0 aliphatic heterocycles. The predicted molar refractivity (Wildman–Crippen MR) is 153 cm³/mol. The Morgan fingerprint density at radius 2 is 1.43 bits per heavy atom. The highest BCUT2D eigenvalue weighted by Crippen LogP contribution is 2.41. The first-order valence-electron chi connectivity index (χ1n) is 12.2. The van der Waals surface area contributed by atoms with Gasteiger partial charge in [0.25, 0.3) is 5.91 Å². The molecule has 0 saturated carbocycles. The number of carbonyl (C=O) groups excluding carboxylic acids is 1. The zero-order valence-electron chi connectivity index (χ0n) is 21.3. The number of rotatable bonds is 9. The number of likely N-dealkylation sites (N-methyl/N-ethyl adjacent to an activating group) is 1. The lowest BCUT2D eigenvalue weighted by atomic mass is 9.80. The van der Waals surface area contributed by atoms with Crippen LogP contribution in [0.1, 0.15) is 32.6 Å². The average Bonchev–Trinajstić information content (AvgIpc) is 2.93. The van der Waals surface area contributed by atoms with Crippen LogP contribution < -0.4 is 11.1 Å². The maximum absolute atomic E-state index is 12.7. The van der Waals surface area contributed by atoms with Crippen LogP contribution in [0.4, 0.5) is 5.69 Å². The van der Waals surface area contributed by atoms with Gasteiger partial charge >= 0.3 is 0 Å². The zero-order valence-corrected chi connectivity index (χ0v) is 21.3. The number of carbonyl (C=O) groups is 1. The van der Waals surface area contributed by atoms with Gasteiger partial charge in [0.05, 0.1) is 6.34 Å². The molecule has 0 spiro atoms. The molecule has 4 rings (SSSR count). The molecular formula is C32H32N4O. The van der Waals surface area contributed by atoms with Gasteiger partial charge < -0.3 is 16.0 Å². The van der Waals surface area contributed by atoms with Crippen LogP contribution in [0.3, 0.4) is 0 Å². The lowest BCUT2D eigenvalue weighted by molar-refractivity contribution is 0.102. The maximum atomic E-state index is 12.7. The van der Waals surface area contributed by atoms with Crippen LogP contribution in [0.15, 0.2) is 126 Å². The molecule has 186 valence electrons. The molecule has 0 unspecified atom stereocenters. The topological polar surface area (TPSA) is 70.7 Å². The summed E-state index contributed by atoms with van der Waals surface area (Å²) in [6.45, 7) is 7.03. The smallest absolute Gasteiger partial charge is 0.255 e. The van der Waals surface area contributed by atoms with E-state index < -0.39 is 5.54 Å². The number of benzene rings is 4. The molecule has 0 aliphatic rings. The summed E-state index contributed by atoms with van der Waals surface area (Å²) in [5, 5.41) is 2.98. The van der Waals surface area contributed by atoms with Crippen molar-refractivity contribution in [1.29, 1.82) is 0 Å². The number of nitrogens with one attached hydrogen (secondary N) is 1. The van der Waals surface area contributed by atoms with Gasteiger partial charge in [-0.1, -0.05) is 97.6 Å². The quantitative estimate of drug-likeness (QED) is 0.220. The second-order valence-corrected chi connectivity index (χ2v) is 8.99. The fourth-order valence-corrected chi connectivity index (χ4v) is 4.56. The van der Waals surface area contributed by atoms with E-state index in [1.165, 1.54) is 6.34 Å². The number of hydrogen-bond donors (Lipinski definition) is 2. The highest BCUT2D eigenvalue weighted by Gasteiger charge is 2.38. The molecule has 0 atom stereocenters. The monoisotopic (exact) mass is 488 g/mol. The van der Waals surface area contributed by atoms with E-state index in [0.29, 0.717) is 12.1 Å². The highest BCUT2D eigenvalue weighted by atomic mass is 16.1. The third-order valence-electron chi connectivity index (χ3n) is 6.55. The van der Waals surface area contributed by atoms with Crippen molar-refractivity contribution in [2.24, 2.45) is 10.7 Å². The fraction of sp³-hybridized carbons (Fsp3) is 0.125. The summed E-state index contributed by atoms with van der Waals surface area (Å²) < 4.78 is 0. The average molecular weight is 489 g/mol. The largest absolute Gasteiger partial charge is 0.390 e. The number of aliphatic imine (C=N–C) groups is 1. The van der Waals surface area contributed by atoms with Crippen LogP contribution in [-0.2, 0) is 12.1 Å². The van der Waals surface area contributed by atoms with Gasteiger partial charge in [0.2, 0.25) is 0 Å². The predicted octanol–water partition coefficient (Wildman–Crippen LogP) is 6.12. The number of amides is 1. The number of nitrogens with zero attached hydrogens (tertiary/aromatic N) is 2. The van der Waals surface area contributed by atoms with E-state index >= 15 is 0 Å². The molecular weight excluding hydrogens is 456 g/mol. The molecule has 0 saturated heterocycles. The third-order valence-corrected chi connectivity index (χ3v) is 6.55. The first kappa shape index (κ1) is 25.5. The minimum atomic E-state index is -0.868. The number of aryl methyl sites for hydroxylation is 1. The maximum Gasteiger partial charge on any atom is 0.255 e. The van der Waals surface area contributed by atoms with E-state index in [9.17, 15) is 4.79 Å². The molecule has 0 aliphatic carbocycles. The molecule has 5 heteroatoms. The minimum absolute atomic E-state index is 0.119. The van der Waals surface area contributed by atoms with Gasteiger partial charge in [-0.25, -0.2) is 0 Å². The first-order chi connectivity index (χ1) is 18.0. The number of nitrogens with two attached hydrogens (primary N) is 1. The summed E-state index contributed by atoms with van der Waals surface area (Å²) in [6.07, 6.45) is 1.35. The molecule has 0 aromatic heterocycles. The molecule has 0 bridgehead atoms. The van der Waals surface area contributed by atoms with Crippen molar-refractivity contribution in [1.82, 2.24) is 4.90 Å². The molecule has 37 heavy (non-hydrogen) atoms. The Morgan fingerprint density at radius 3 is 1.97 bits per heavy atom. The second kappa shape index (κ2) is 11.4. The van der Waals surface area contributed by atoms with Gasteiger partial charge in [0.15, 0.2) is 5.54 Å². The summed E-state index contributed by atoms with van der Waals surface area (Å²) in [5.74, 6) is -0.119. The third kappa shape index (κ3) is 5.46. The summed E-state index contributed by atoms with van der Waals surface area (Å²) in [5.41, 5.74) is 11.2. The minimum Gasteiger partial charge on any atom is -0.390 e. The Morgan fingerprint density at radius 1 is 0.892 bits per heavy atom. The fourth-order valence-electron chi connectivity index (χ4n) is 4.56. The van der Waals surface area contributed by atoms with E-state index in [0.717, 1.165) is 33.6 Å². The van der Waals surface area contributed by atoms with Gasteiger partial charge in [-0.15, -0.1) is 0 Å². The van der Waals surface area contributed by atoms with Crippen molar-refractivity contribution in [2.75, 3.05) is 12.4 Å². The molecule has 4 aromatic carbocycles. The molecule has 0 radical (unpaired) electrons. The Labute approximate surface area is 219 Å². The molecule has 1 amide bonds.